The second-order valence-electron chi connectivity index (χ2n) is 5.50. The summed E-state index contributed by atoms with van der Waals surface area (Å²) in [6.07, 6.45) is 4.18. The molecule has 0 atom stereocenters. The minimum atomic E-state index is -0.150. The Balaban J connectivity index is 1.86. The third-order valence-electron chi connectivity index (χ3n) is 3.86. The van der Waals surface area contributed by atoms with Crippen molar-refractivity contribution in [2.45, 2.75) is 20.3 Å². The molecule has 0 unspecified atom stereocenters. The van der Waals surface area contributed by atoms with Crippen molar-refractivity contribution in [1.82, 2.24) is 14.9 Å². The first-order valence-electron chi connectivity index (χ1n) is 8.27. The molecule has 6 heteroatoms. The molecule has 2 aromatic heterocycles. The number of hydrogen-bond donors (Lipinski definition) is 1. The van der Waals surface area contributed by atoms with Gasteiger partial charge in [0.1, 0.15) is 5.82 Å². The zero-order valence-corrected chi connectivity index (χ0v) is 14.6. The van der Waals surface area contributed by atoms with E-state index in [-0.39, 0.29) is 6.03 Å². The number of nitrogens with one attached hydrogen (secondary N) is 1. The molecule has 0 aliphatic carbocycles. The first-order chi connectivity index (χ1) is 11.6. The van der Waals surface area contributed by atoms with Crippen LogP contribution in [-0.2, 0) is 6.42 Å². The van der Waals surface area contributed by atoms with Gasteiger partial charge in [0.25, 0.3) is 0 Å². The van der Waals surface area contributed by atoms with Gasteiger partial charge in [-0.15, -0.1) is 0 Å². The minimum Gasteiger partial charge on any atom is -0.357 e. The molecule has 0 saturated carbocycles. The standard InChI is InChI=1S/C18H25N5O/c1-4-23(5-2)17-10-9-16(14-20-17)21-18(24)22(3)13-11-15-8-6-7-12-19-15/h6-10,12,14H,4-5,11,13H2,1-3H3,(H,21,24). The highest BCUT2D eigenvalue weighted by Gasteiger charge is 2.10. The number of nitrogens with zero attached hydrogens (tertiary/aromatic N) is 4. The average Bonchev–Trinajstić information content (AvgIpc) is 2.63. The molecular formula is C18H25N5O. The minimum absolute atomic E-state index is 0.150. The van der Waals surface area contributed by atoms with Crippen LogP contribution >= 0.6 is 0 Å². The predicted molar refractivity (Wildman–Crippen MR) is 97.4 cm³/mol. The molecule has 24 heavy (non-hydrogen) atoms. The molecule has 2 rings (SSSR count). The summed E-state index contributed by atoms with van der Waals surface area (Å²) in [6.45, 7) is 6.61. The molecule has 2 aromatic rings. The van der Waals surface area contributed by atoms with Gasteiger partial charge in [0.05, 0.1) is 11.9 Å². The third-order valence-corrected chi connectivity index (χ3v) is 3.86. The Labute approximate surface area is 143 Å². The lowest BCUT2D eigenvalue weighted by Crippen LogP contribution is -2.33. The molecule has 0 fully saturated rings. The topological polar surface area (TPSA) is 61.4 Å². The summed E-state index contributed by atoms with van der Waals surface area (Å²) >= 11 is 0. The molecule has 0 aliphatic heterocycles. The van der Waals surface area contributed by atoms with Crippen LogP contribution in [0.1, 0.15) is 19.5 Å². The summed E-state index contributed by atoms with van der Waals surface area (Å²) < 4.78 is 0. The summed E-state index contributed by atoms with van der Waals surface area (Å²) in [7, 11) is 1.77. The van der Waals surface area contributed by atoms with E-state index in [1.807, 2.05) is 30.3 Å². The number of carbonyl (C=O) groups excluding carboxylic acids is 1. The fourth-order valence-corrected chi connectivity index (χ4v) is 2.34. The van der Waals surface area contributed by atoms with E-state index in [0.29, 0.717) is 12.2 Å². The van der Waals surface area contributed by atoms with Gasteiger partial charge in [-0.2, -0.15) is 0 Å². The van der Waals surface area contributed by atoms with Crippen LogP contribution in [-0.4, -0.2) is 47.6 Å². The maximum absolute atomic E-state index is 12.2. The highest BCUT2D eigenvalue weighted by Crippen LogP contribution is 2.14. The number of anilines is 2. The molecule has 1 N–H and O–H groups in total. The maximum atomic E-state index is 12.2. The van der Waals surface area contributed by atoms with Crippen molar-refractivity contribution < 1.29 is 4.79 Å². The maximum Gasteiger partial charge on any atom is 0.321 e. The van der Waals surface area contributed by atoms with Gasteiger partial charge in [0.2, 0.25) is 0 Å². The normalized spacial score (nSPS) is 10.3. The van der Waals surface area contributed by atoms with Gasteiger partial charge < -0.3 is 15.1 Å². The first kappa shape index (κ1) is 17.7. The van der Waals surface area contributed by atoms with Crippen molar-refractivity contribution in [2.24, 2.45) is 0 Å². The van der Waals surface area contributed by atoms with Gasteiger partial charge in [0, 0.05) is 45.0 Å². The summed E-state index contributed by atoms with van der Waals surface area (Å²) in [5.74, 6) is 0.918. The number of urea groups is 1. The molecule has 0 aliphatic rings. The average molecular weight is 327 g/mol. The van der Waals surface area contributed by atoms with Crippen molar-refractivity contribution in [3.05, 3.63) is 48.4 Å². The van der Waals surface area contributed by atoms with Gasteiger partial charge in [-0.25, -0.2) is 9.78 Å². The molecule has 0 spiro atoms. The van der Waals surface area contributed by atoms with Crippen molar-refractivity contribution in [1.29, 1.82) is 0 Å². The summed E-state index contributed by atoms with van der Waals surface area (Å²) in [5.41, 5.74) is 1.67. The lowest BCUT2D eigenvalue weighted by atomic mass is 10.2. The van der Waals surface area contributed by atoms with Crippen LogP contribution < -0.4 is 10.2 Å². The second kappa shape index (κ2) is 8.86. The third kappa shape index (κ3) is 4.94. The molecule has 0 radical (unpaired) electrons. The zero-order valence-electron chi connectivity index (χ0n) is 14.6. The Morgan fingerprint density at radius 2 is 1.92 bits per heavy atom. The van der Waals surface area contributed by atoms with Crippen molar-refractivity contribution in [3.63, 3.8) is 0 Å². The van der Waals surface area contributed by atoms with E-state index in [9.17, 15) is 4.79 Å². The van der Waals surface area contributed by atoms with Crippen molar-refractivity contribution in [2.75, 3.05) is 36.9 Å². The lowest BCUT2D eigenvalue weighted by molar-refractivity contribution is 0.223. The first-order valence-corrected chi connectivity index (χ1v) is 8.27. The summed E-state index contributed by atoms with van der Waals surface area (Å²) in [4.78, 5) is 24.7. The van der Waals surface area contributed by atoms with Gasteiger partial charge in [-0.05, 0) is 38.1 Å². The lowest BCUT2D eigenvalue weighted by Gasteiger charge is -2.20. The van der Waals surface area contributed by atoms with E-state index in [4.69, 9.17) is 0 Å². The molecule has 128 valence electrons. The molecule has 0 bridgehead atoms. The van der Waals surface area contributed by atoms with E-state index in [1.165, 1.54) is 0 Å². The molecule has 0 aromatic carbocycles. The van der Waals surface area contributed by atoms with E-state index in [2.05, 4.69) is 34.0 Å². The number of amides is 2. The highest BCUT2D eigenvalue weighted by atomic mass is 16.2. The summed E-state index contributed by atoms with van der Waals surface area (Å²) in [5, 5.41) is 2.87. The number of rotatable bonds is 7. The van der Waals surface area contributed by atoms with Gasteiger partial charge in [-0.1, -0.05) is 6.07 Å². The smallest absolute Gasteiger partial charge is 0.321 e. The Morgan fingerprint density at radius 3 is 2.50 bits per heavy atom. The van der Waals surface area contributed by atoms with Crippen LogP contribution in [0, 0.1) is 0 Å². The Hall–Kier alpha value is -2.63. The van der Waals surface area contributed by atoms with Crippen LogP contribution in [0.5, 0.6) is 0 Å². The van der Waals surface area contributed by atoms with E-state index in [1.54, 1.807) is 24.3 Å². The van der Waals surface area contributed by atoms with Crippen molar-refractivity contribution in [3.8, 4) is 0 Å². The van der Waals surface area contributed by atoms with Gasteiger partial charge in [-0.3, -0.25) is 4.98 Å². The molecule has 6 nitrogen and oxygen atoms in total. The monoisotopic (exact) mass is 327 g/mol. The quantitative estimate of drug-likeness (QED) is 0.849. The fraction of sp³-hybridized carbons (Fsp3) is 0.389. The predicted octanol–water partition coefficient (Wildman–Crippen LogP) is 3.03. The highest BCUT2D eigenvalue weighted by molar-refractivity contribution is 5.89. The molecule has 2 amide bonds. The number of likely N-dealkylation sites (N-methyl/N-ethyl adjacent to an activating group) is 1. The van der Waals surface area contributed by atoms with E-state index in [0.717, 1.165) is 31.0 Å². The Kier molecular flexibility index (Phi) is 6.54. The van der Waals surface area contributed by atoms with Crippen molar-refractivity contribution >= 4 is 17.5 Å². The van der Waals surface area contributed by atoms with E-state index >= 15 is 0 Å². The zero-order chi connectivity index (χ0) is 17.4. The van der Waals surface area contributed by atoms with Crippen LogP contribution in [0.4, 0.5) is 16.3 Å². The number of carbonyl (C=O) groups is 1. The molecule has 0 saturated heterocycles. The number of hydrogen-bond acceptors (Lipinski definition) is 4. The van der Waals surface area contributed by atoms with Crippen LogP contribution in [0.15, 0.2) is 42.7 Å². The molecule has 2 heterocycles. The summed E-state index contributed by atoms with van der Waals surface area (Å²) in [6, 6.07) is 9.45. The van der Waals surface area contributed by atoms with Gasteiger partial charge in [0.15, 0.2) is 0 Å². The Morgan fingerprint density at radius 1 is 1.12 bits per heavy atom. The van der Waals surface area contributed by atoms with Crippen LogP contribution in [0.3, 0.4) is 0 Å². The van der Waals surface area contributed by atoms with Crippen LogP contribution in [0.2, 0.25) is 0 Å². The van der Waals surface area contributed by atoms with Gasteiger partial charge >= 0.3 is 6.03 Å². The SMILES string of the molecule is CCN(CC)c1ccc(NC(=O)N(C)CCc2ccccn2)cn1. The molecular weight excluding hydrogens is 302 g/mol. The largest absolute Gasteiger partial charge is 0.357 e. The number of aromatic nitrogens is 2. The van der Waals surface area contributed by atoms with E-state index < -0.39 is 0 Å². The van der Waals surface area contributed by atoms with Crippen LogP contribution in [0.25, 0.3) is 0 Å². The number of pyridine rings is 2. The second-order valence-corrected chi connectivity index (χ2v) is 5.50. The Bertz CT molecular complexity index is 626. The fourth-order valence-electron chi connectivity index (χ4n) is 2.34.